The van der Waals surface area contributed by atoms with Crippen LogP contribution in [0.1, 0.15) is 30.4 Å². The second kappa shape index (κ2) is 12.2. The second-order valence-electron chi connectivity index (χ2n) is 10.3. The number of hydrogen-bond acceptors (Lipinski definition) is 7. The van der Waals surface area contributed by atoms with Crippen LogP contribution in [0, 0.1) is 19.8 Å². The molecule has 0 N–H and O–H groups in total. The summed E-state index contributed by atoms with van der Waals surface area (Å²) in [5.74, 6) is -0.235. The van der Waals surface area contributed by atoms with Gasteiger partial charge in [0.05, 0.1) is 28.3 Å². The lowest BCUT2D eigenvalue weighted by molar-refractivity contribution is -0.123. The molecule has 2 saturated heterocycles. The Labute approximate surface area is 239 Å². The zero-order valence-corrected chi connectivity index (χ0v) is 24.8. The summed E-state index contributed by atoms with van der Waals surface area (Å²) in [6.45, 7) is 9.26. The topological polar surface area (TPSA) is 83.1 Å². The van der Waals surface area contributed by atoms with Crippen molar-refractivity contribution in [2.24, 2.45) is 5.92 Å². The number of hydrogen-bond donors (Lipinski definition) is 0. The first-order valence-corrected chi connectivity index (χ1v) is 16.1. The van der Waals surface area contributed by atoms with Crippen molar-refractivity contribution in [1.82, 2.24) is 14.2 Å². The summed E-state index contributed by atoms with van der Waals surface area (Å²) in [6, 6.07) is 10.8. The number of nitrogens with zero attached hydrogens (tertiary/aromatic N) is 4. The molecule has 2 aliphatic heterocycles. The molecule has 5 rings (SSSR count). The maximum atomic E-state index is 13.9. The fourth-order valence-electron chi connectivity index (χ4n) is 5.20. The van der Waals surface area contributed by atoms with Crippen molar-refractivity contribution in [1.29, 1.82) is 0 Å². The van der Waals surface area contributed by atoms with E-state index in [2.05, 4.69) is 4.90 Å². The van der Waals surface area contributed by atoms with Crippen molar-refractivity contribution in [2.45, 2.75) is 38.0 Å². The molecule has 1 aromatic heterocycles. The van der Waals surface area contributed by atoms with Crippen LogP contribution in [-0.2, 0) is 19.6 Å². The summed E-state index contributed by atoms with van der Waals surface area (Å²) in [5.41, 5.74) is 2.75. The summed E-state index contributed by atoms with van der Waals surface area (Å²) in [4.78, 5) is 23.3. The number of benzene rings is 2. The number of amides is 1. The van der Waals surface area contributed by atoms with E-state index < -0.39 is 10.0 Å². The Balaban J connectivity index is 1.31. The van der Waals surface area contributed by atoms with E-state index in [9.17, 15) is 13.2 Å². The quantitative estimate of drug-likeness (QED) is 0.377. The SMILES string of the molecule is Cc1ccc(S(=O)(=O)N2CCC(C(=O)N(CCCN3CCOCC3)c3nc4c(C)c(Cl)ccc4s3)CC2)cc1. The molecule has 2 aliphatic rings. The third-order valence-electron chi connectivity index (χ3n) is 7.66. The molecule has 11 heteroatoms. The molecule has 8 nitrogen and oxygen atoms in total. The Morgan fingerprint density at radius 3 is 2.46 bits per heavy atom. The van der Waals surface area contributed by atoms with Crippen molar-refractivity contribution >= 4 is 54.2 Å². The highest BCUT2D eigenvalue weighted by atomic mass is 35.5. The van der Waals surface area contributed by atoms with Gasteiger partial charge in [-0.2, -0.15) is 4.31 Å². The summed E-state index contributed by atoms with van der Waals surface area (Å²) in [5, 5.41) is 1.34. The van der Waals surface area contributed by atoms with Crippen LogP contribution in [0.3, 0.4) is 0 Å². The Morgan fingerprint density at radius 2 is 1.77 bits per heavy atom. The molecule has 0 bridgehead atoms. The number of aromatic nitrogens is 1. The first kappa shape index (κ1) is 28.4. The van der Waals surface area contributed by atoms with Gasteiger partial charge in [0, 0.05) is 50.2 Å². The molecular weight excluding hydrogens is 556 g/mol. The van der Waals surface area contributed by atoms with Crippen molar-refractivity contribution < 1.29 is 17.9 Å². The van der Waals surface area contributed by atoms with E-state index >= 15 is 0 Å². The van der Waals surface area contributed by atoms with Gasteiger partial charge in [0.1, 0.15) is 0 Å². The molecule has 0 radical (unpaired) electrons. The molecule has 0 aliphatic carbocycles. The fourth-order valence-corrected chi connectivity index (χ4v) is 7.88. The number of sulfonamides is 1. The van der Waals surface area contributed by atoms with Crippen LogP contribution in [0.4, 0.5) is 5.13 Å². The van der Waals surface area contributed by atoms with Gasteiger partial charge in [0.2, 0.25) is 15.9 Å². The number of carbonyl (C=O) groups is 1. The minimum Gasteiger partial charge on any atom is -0.379 e. The highest BCUT2D eigenvalue weighted by Crippen LogP contribution is 2.35. The standard InChI is InChI=1S/C28H35ClN4O4S2/c1-20-4-6-23(7-5-20)39(35,36)32-14-10-22(11-15-32)27(34)33(13-3-12-31-16-18-37-19-17-31)28-30-26-21(2)24(29)8-9-25(26)38-28/h4-9,22H,3,10-19H2,1-2H3. The van der Waals surface area contributed by atoms with E-state index in [1.165, 1.54) is 15.6 Å². The van der Waals surface area contributed by atoms with Gasteiger partial charge in [0.15, 0.2) is 5.13 Å². The minimum absolute atomic E-state index is 0.0205. The van der Waals surface area contributed by atoms with Crippen LogP contribution in [0.15, 0.2) is 41.3 Å². The molecule has 3 heterocycles. The maximum Gasteiger partial charge on any atom is 0.243 e. The van der Waals surface area contributed by atoms with Gasteiger partial charge in [0.25, 0.3) is 0 Å². The molecule has 1 amide bonds. The normalized spacial score (nSPS) is 18.0. The average molecular weight is 591 g/mol. The predicted octanol–water partition coefficient (Wildman–Crippen LogP) is 4.72. The van der Waals surface area contributed by atoms with E-state index in [1.807, 2.05) is 43.0 Å². The van der Waals surface area contributed by atoms with Gasteiger partial charge in [-0.05, 0) is 62.9 Å². The van der Waals surface area contributed by atoms with Crippen LogP contribution < -0.4 is 4.90 Å². The number of anilines is 1. The highest BCUT2D eigenvalue weighted by molar-refractivity contribution is 7.89. The molecule has 2 aromatic carbocycles. The van der Waals surface area contributed by atoms with Crippen LogP contribution in [0.2, 0.25) is 5.02 Å². The Hall–Kier alpha value is -2.08. The van der Waals surface area contributed by atoms with Gasteiger partial charge in [-0.1, -0.05) is 40.6 Å². The van der Waals surface area contributed by atoms with E-state index in [1.54, 1.807) is 12.1 Å². The lowest BCUT2D eigenvalue weighted by atomic mass is 9.96. The van der Waals surface area contributed by atoms with Gasteiger partial charge < -0.3 is 4.74 Å². The van der Waals surface area contributed by atoms with Crippen molar-refractivity contribution in [3.8, 4) is 0 Å². The van der Waals surface area contributed by atoms with Crippen LogP contribution >= 0.6 is 22.9 Å². The molecule has 2 fully saturated rings. The van der Waals surface area contributed by atoms with E-state index in [-0.39, 0.29) is 11.8 Å². The van der Waals surface area contributed by atoms with E-state index in [4.69, 9.17) is 21.3 Å². The predicted molar refractivity (Wildman–Crippen MR) is 156 cm³/mol. The van der Waals surface area contributed by atoms with Gasteiger partial charge in [-0.25, -0.2) is 13.4 Å². The largest absolute Gasteiger partial charge is 0.379 e. The average Bonchev–Trinajstić information content (AvgIpc) is 3.38. The summed E-state index contributed by atoms with van der Waals surface area (Å²) >= 11 is 7.85. The number of fused-ring (bicyclic) bond motifs is 1. The molecule has 3 aromatic rings. The Kier molecular flexibility index (Phi) is 8.90. The maximum absolute atomic E-state index is 13.9. The van der Waals surface area contributed by atoms with Crippen LogP contribution in [0.5, 0.6) is 0 Å². The first-order valence-electron chi connectivity index (χ1n) is 13.5. The summed E-state index contributed by atoms with van der Waals surface area (Å²) in [7, 11) is -3.58. The number of piperidine rings is 1. The van der Waals surface area contributed by atoms with Crippen molar-refractivity contribution in [3.63, 3.8) is 0 Å². The number of aryl methyl sites for hydroxylation is 2. The number of rotatable bonds is 8. The number of morpholine rings is 1. The fraction of sp³-hybridized carbons (Fsp3) is 0.500. The molecule has 0 spiro atoms. The van der Waals surface area contributed by atoms with Crippen LogP contribution in [-0.4, -0.2) is 81.0 Å². The van der Waals surface area contributed by atoms with Gasteiger partial charge in [-0.3, -0.25) is 14.6 Å². The highest BCUT2D eigenvalue weighted by Gasteiger charge is 2.35. The third kappa shape index (κ3) is 6.31. The lowest BCUT2D eigenvalue weighted by Crippen LogP contribution is -2.45. The zero-order valence-electron chi connectivity index (χ0n) is 22.4. The first-order chi connectivity index (χ1) is 18.7. The van der Waals surface area contributed by atoms with E-state index in [0.717, 1.165) is 60.6 Å². The Bertz CT molecular complexity index is 1410. The van der Waals surface area contributed by atoms with Gasteiger partial charge >= 0.3 is 0 Å². The summed E-state index contributed by atoms with van der Waals surface area (Å²) < 4.78 is 34.3. The second-order valence-corrected chi connectivity index (χ2v) is 13.7. The third-order valence-corrected chi connectivity index (χ3v) is 11.0. The van der Waals surface area contributed by atoms with Gasteiger partial charge in [-0.15, -0.1) is 0 Å². The zero-order chi connectivity index (χ0) is 27.6. The summed E-state index contributed by atoms with van der Waals surface area (Å²) in [6.07, 6.45) is 1.79. The molecule has 39 heavy (non-hydrogen) atoms. The van der Waals surface area contributed by atoms with E-state index in [0.29, 0.717) is 47.5 Å². The molecular formula is C28H35ClN4O4S2. The number of carbonyl (C=O) groups excluding carboxylic acids is 1. The monoisotopic (exact) mass is 590 g/mol. The smallest absolute Gasteiger partial charge is 0.243 e. The lowest BCUT2D eigenvalue weighted by Gasteiger charge is -2.33. The number of halogens is 1. The van der Waals surface area contributed by atoms with Crippen molar-refractivity contribution in [3.05, 3.63) is 52.5 Å². The molecule has 210 valence electrons. The molecule has 0 atom stereocenters. The number of thiazole rings is 1. The number of ether oxygens (including phenoxy) is 1. The minimum atomic E-state index is -3.58. The molecule has 0 saturated carbocycles. The van der Waals surface area contributed by atoms with Crippen molar-refractivity contribution in [2.75, 3.05) is 57.4 Å². The van der Waals surface area contributed by atoms with Crippen LogP contribution in [0.25, 0.3) is 10.2 Å². The Morgan fingerprint density at radius 1 is 1.08 bits per heavy atom. The molecule has 0 unspecified atom stereocenters.